The standard InChI is InChI=1S/C20H29ClN6O/c1-22-19(28)13-27-9-6-16(7-10-27)26-20(23-2)24-8-5-14-12-25-18-4-3-15(21)11-17(14)18/h3-4,11-12,16,25H,5-10,13H2,1-2H3,(H,22,28)(H2,23,24,26). The van der Waals surface area contributed by atoms with E-state index in [2.05, 4.69) is 30.8 Å². The van der Waals surface area contributed by atoms with Gasteiger partial charge in [-0.2, -0.15) is 0 Å². The van der Waals surface area contributed by atoms with Gasteiger partial charge >= 0.3 is 0 Å². The van der Waals surface area contributed by atoms with Crippen molar-refractivity contribution in [3.05, 3.63) is 35.0 Å². The highest BCUT2D eigenvalue weighted by Crippen LogP contribution is 2.22. The van der Waals surface area contributed by atoms with E-state index in [0.717, 1.165) is 55.4 Å². The van der Waals surface area contributed by atoms with E-state index in [0.29, 0.717) is 12.6 Å². The van der Waals surface area contributed by atoms with Gasteiger partial charge in [-0.1, -0.05) is 11.6 Å². The number of carbonyl (C=O) groups is 1. The molecule has 28 heavy (non-hydrogen) atoms. The summed E-state index contributed by atoms with van der Waals surface area (Å²) in [6.45, 7) is 3.09. The van der Waals surface area contributed by atoms with Gasteiger partial charge in [0.05, 0.1) is 6.54 Å². The summed E-state index contributed by atoms with van der Waals surface area (Å²) in [4.78, 5) is 21.3. The monoisotopic (exact) mass is 404 g/mol. The Balaban J connectivity index is 1.44. The van der Waals surface area contributed by atoms with Crippen molar-refractivity contribution in [2.45, 2.75) is 25.3 Å². The molecule has 1 saturated heterocycles. The third kappa shape index (κ3) is 5.39. The van der Waals surface area contributed by atoms with Gasteiger partial charge in [0.1, 0.15) is 0 Å². The molecule has 0 aliphatic carbocycles. The quantitative estimate of drug-likeness (QED) is 0.436. The van der Waals surface area contributed by atoms with E-state index in [9.17, 15) is 4.79 Å². The van der Waals surface area contributed by atoms with Crippen LogP contribution in [0.25, 0.3) is 10.9 Å². The summed E-state index contributed by atoms with van der Waals surface area (Å²) >= 11 is 6.13. The van der Waals surface area contributed by atoms with Crippen molar-refractivity contribution >= 4 is 34.4 Å². The number of H-pyrrole nitrogens is 1. The van der Waals surface area contributed by atoms with Crippen LogP contribution in [0.3, 0.4) is 0 Å². The highest BCUT2D eigenvalue weighted by molar-refractivity contribution is 6.31. The molecule has 0 spiro atoms. The van der Waals surface area contributed by atoms with Gasteiger partial charge in [-0.05, 0) is 43.0 Å². The van der Waals surface area contributed by atoms with E-state index in [1.165, 1.54) is 10.9 Å². The number of carbonyl (C=O) groups excluding carboxylic acids is 1. The van der Waals surface area contributed by atoms with Crippen molar-refractivity contribution < 1.29 is 4.79 Å². The van der Waals surface area contributed by atoms with E-state index in [1.54, 1.807) is 14.1 Å². The fourth-order valence-corrected chi connectivity index (χ4v) is 3.75. The van der Waals surface area contributed by atoms with Gasteiger partial charge in [-0.3, -0.25) is 14.7 Å². The zero-order valence-electron chi connectivity index (χ0n) is 16.5. The van der Waals surface area contributed by atoms with Crippen LogP contribution in [0.5, 0.6) is 0 Å². The van der Waals surface area contributed by atoms with E-state index in [4.69, 9.17) is 11.6 Å². The summed E-state index contributed by atoms with van der Waals surface area (Å²) in [5.74, 6) is 0.894. The predicted molar refractivity (Wildman–Crippen MR) is 115 cm³/mol. The number of hydrogen-bond acceptors (Lipinski definition) is 3. The Morgan fingerprint density at radius 1 is 1.36 bits per heavy atom. The summed E-state index contributed by atoms with van der Waals surface area (Å²) in [5, 5.41) is 11.5. The second-order valence-corrected chi connectivity index (χ2v) is 7.56. The lowest BCUT2D eigenvalue weighted by atomic mass is 10.1. The van der Waals surface area contributed by atoms with Gasteiger partial charge in [0, 0.05) is 61.9 Å². The Kier molecular flexibility index (Phi) is 7.17. The molecule has 3 rings (SSSR count). The molecule has 2 heterocycles. The lowest BCUT2D eigenvalue weighted by Gasteiger charge is -2.32. The Morgan fingerprint density at radius 3 is 2.86 bits per heavy atom. The van der Waals surface area contributed by atoms with E-state index in [1.807, 2.05) is 24.4 Å². The van der Waals surface area contributed by atoms with Gasteiger partial charge in [0.2, 0.25) is 5.91 Å². The molecule has 0 atom stereocenters. The molecular weight excluding hydrogens is 376 g/mol. The smallest absolute Gasteiger partial charge is 0.233 e. The third-order valence-electron chi connectivity index (χ3n) is 5.21. The highest BCUT2D eigenvalue weighted by atomic mass is 35.5. The maximum atomic E-state index is 11.5. The number of nitrogens with zero attached hydrogens (tertiary/aromatic N) is 2. The van der Waals surface area contributed by atoms with Crippen molar-refractivity contribution in [1.29, 1.82) is 0 Å². The number of guanidine groups is 1. The number of nitrogens with one attached hydrogen (secondary N) is 4. The number of fused-ring (bicyclic) bond motifs is 1. The average molecular weight is 405 g/mol. The first-order valence-electron chi connectivity index (χ1n) is 9.74. The number of piperidine rings is 1. The van der Waals surface area contributed by atoms with E-state index >= 15 is 0 Å². The van der Waals surface area contributed by atoms with Crippen molar-refractivity contribution in [2.75, 3.05) is 40.3 Å². The fourth-order valence-electron chi connectivity index (χ4n) is 3.58. The summed E-state index contributed by atoms with van der Waals surface area (Å²) in [5.41, 5.74) is 2.34. The Hall–Kier alpha value is -2.25. The number of amides is 1. The summed E-state index contributed by atoms with van der Waals surface area (Å²) in [6.07, 6.45) is 4.92. The molecule has 1 amide bonds. The largest absolute Gasteiger partial charge is 0.361 e. The molecule has 2 aromatic rings. The number of halogens is 1. The molecule has 1 aromatic heterocycles. The number of hydrogen-bond donors (Lipinski definition) is 4. The average Bonchev–Trinajstić information content (AvgIpc) is 3.10. The molecular formula is C20H29ClN6O. The molecule has 0 bridgehead atoms. The SMILES string of the molecule is CN=C(NCCc1c[nH]c2ccc(Cl)cc12)NC1CCN(CC(=O)NC)CC1. The minimum absolute atomic E-state index is 0.0717. The van der Waals surface area contributed by atoms with Crippen LogP contribution in [0, 0.1) is 0 Å². The number of likely N-dealkylation sites (tertiary alicyclic amines) is 1. The molecule has 4 N–H and O–H groups in total. The molecule has 1 aliphatic rings. The lowest BCUT2D eigenvalue weighted by Crippen LogP contribution is -2.50. The molecule has 1 aromatic carbocycles. The summed E-state index contributed by atoms with van der Waals surface area (Å²) in [7, 11) is 3.47. The van der Waals surface area contributed by atoms with Gasteiger partial charge < -0.3 is 20.9 Å². The topological polar surface area (TPSA) is 84.6 Å². The second kappa shape index (κ2) is 9.80. The third-order valence-corrected chi connectivity index (χ3v) is 5.45. The van der Waals surface area contributed by atoms with Crippen LogP contribution >= 0.6 is 11.6 Å². The van der Waals surface area contributed by atoms with Crippen LogP contribution in [-0.4, -0.2) is 68.1 Å². The first-order valence-corrected chi connectivity index (χ1v) is 10.1. The van der Waals surface area contributed by atoms with Crippen molar-refractivity contribution in [3.8, 4) is 0 Å². The summed E-state index contributed by atoms with van der Waals surface area (Å²) in [6, 6.07) is 6.28. The molecule has 0 saturated carbocycles. The zero-order valence-corrected chi connectivity index (χ0v) is 17.3. The van der Waals surface area contributed by atoms with Crippen molar-refractivity contribution in [3.63, 3.8) is 0 Å². The van der Waals surface area contributed by atoms with Crippen LogP contribution in [0.2, 0.25) is 5.02 Å². The minimum atomic E-state index is 0.0717. The number of aliphatic imine (C=N–C) groups is 1. The minimum Gasteiger partial charge on any atom is -0.361 e. The summed E-state index contributed by atoms with van der Waals surface area (Å²) < 4.78 is 0. The Labute approximate surface area is 170 Å². The van der Waals surface area contributed by atoms with Gasteiger partial charge in [-0.15, -0.1) is 0 Å². The first kappa shape index (κ1) is 20.5. The van der Waals surface area contributed by atoms with Crippen molar-refractivity contribution in [1.82, 2.24) is 25.8 Å². The lowest BCUT2D eigenvalue weighted by molar-refractivity contribution is -0.122. The van der Waals surface area contributed by atoms with Gasteiger partial charge in [0.25, 0.3) is 0 Å². The van der Waals surface area contributed by atoms with E-state index in [-0.39, 0.29) is 5.91 Å². The second-order valence-electron chi connectivity index (χ2n) is 7.12. The zero-order chi connectivity index (χ0) is 19.9. The molecule has 1 fully saturated rings. The highest BCUT2D eigenvalue weighted by Gasteiger charge is 2.21. The number of likely N-dealkylation sites (N-methyl/N-ethyl adjacent to an activating group) is 1. The molecule has 1 aliphatic heterocycles. The van der Waals surface area contributed by atoms with Crippen molar-refractivity contribution in [2.24, 2.45) is 4.99 Å². The Morgan fingerprint density at radius 2 is 2.14 bits per heavy atom. The van der Waals surface area contributed by atoms with Crippen LogP contribution < -0.4 is 16.0 Å². The molecule has 0 radical (unpaired) electrons. The number of rotatable bonds is 6. The van der Waals surface area contributed by atoms with Crippen LogP contribution in [0.1, 0.15) is 18.4 Å². The van der Waals surface area contributed by atoms with Gasteiger partial charge in [0.15, 0.2) is 5.96 Å². The number of aromatic amines is 1. The number of benzene rings is 1. The van der Waals surface area contributed by atoms with Gasteiger partial charge in [-0.25, -0.2) is 0 Å². The molecule has 152 valence electrons. The van der Waals surface area contributed by atoms with Crippen LogP contribution in [0.4, 0.5) is 0 Å². The molecule has 0 unspecified atom stereocenters. The fraction of sp³-hybridized carbons (Fsp3) is 0.500. The maximum Gasteiger partial charge on any atom is 0.233 e. The molecule has 8 heteroatoms. The maximum absolute atomic E-state index is 11.5. The number of aromatic nitrogens is 1. The van der Waals surface area contributed by atoms with Crippen LogP contribution in [-0.2, 0) is 11.2 Å². The normalized spacial score (nSPS) is 16.3. The first-order chi connectivity index (χ1) is 13.6. The molecule has 7 nitrogen and oxygen atoms in total. The Bertz CT molecular complexity index is 825. The predicted octanol–water partition coefficient (Wildman–Crippen LogP) is 1.74. The van der Waals surface area contributed by atoms with E-state index < -0.39 is 0 Å². The van der Waals surface area contributed by atoms with Crippen LogP contribution in [0.15, 0.2) is 29.4 Å².